The third-order valence-electron chi connectivity index (χ3n) is 6.85. The summed E-state index contributed by atoms with van der Waals surface area (Å²) in [4.78, 5) is 17.8. The number of benzene rings is 2. The fourth-order valence-corrected chi connectivity index (χ4v) is 4.54. The van der Waals surface area contributed by atoms with E-state index in [0.29, 0.717) is 24.5 Å². The molecular formula is C28H30N2O4. The van der Waals surface area contributed by atoms with Gasteiger partial charge in [-0.2, -0.15) is 0 Å². The van der Waals surface area contributed by atoms with Crippen LogP contribution in [0.25, 0.3) is 0 Å². The van der Waals surface area contributed by atoms with Gasteiger partial charge in [-0.1, -0.05) is 6.07 Å². The lowest BCUT2D eigenvalue weighted by Crippen LogP contribution is -2.17. The summed E-state index contributed by atoms with van der Waals surface area (Å²) in [6, 6.07) is 16.2. The van der Waals surface area contributed by atoms with E-state index in [1.807, 2.05) is 12.1 Å². The van der Waals surface area contributed by atoms with E-state index in [9.17, 15) is 9.90 Å². The van der Waals surface area contributed by atoms with Gasteiger partial charge in [0.15, 0.2) is 0 Å². The minimum Gasteiger partial charge on any atom is -0.493 e. The highest BCUT2D eigenvalue weighted by Gasteiger charge is 2.24. The minimum absolute atomic E-state index is 0.327. The Hall–Kier alpha value is -3.54. The zero-order valence-corrected chi connectivity index (χ0v) is 19.4. The molecule has 0 unspecified atom stereocenters. The third kappa shape index (κ3) is 5.01. The van der Waals surface area contributed by atoms with Crippen LogP contribution < -0.4 is 14.4 Å². The Morgan fingerprint density at radius 1 is 1.12 bits per heavy atom. The molecule has 5 rings (SSSR count). The molecule has 1 aromatic heterocycles. The van der Waals surface area contributed by atoms with Crippen molar-refractivity contribution in [3.8, 4) is 11.5 Å². The molecule has 0 spiro atoms. The van der Waals surface area contributed by atoms with Gasteiger partial charge in [-0.3, -0.25) is 4.98 Å². The first kappa shape index (κ1) is 22.3. The highest BCUT2D eigenvalue weighted by atomic mass is 16.5. The molecule has 1 atom stereocenters. The summed E-state index contributed by atoms with van der Waals surface area (Å²) in [5, 5.41) is 9.44. The van der Waals surface area contributed by atoms with E-state index >= 15 is 0 Å². The fourth-order valence-electron chi connectivity index (χ4n) is 4.54. The molecule has 176 valence electrons. The van der Waals surface area contributed by atoms with Crippen LogP contribution in [0, 0.1) is 5.92 Å². The Morgan fingerprint density at radius 2 is 1.91 bits per heavy atom. The predicted molar refractivity (Wildman–Crippen MR) is 132 cm³/mol. The van der Waals surface area contributed by atoms with Crippen molar-refractivity contribution in [3.05, 3.63) is 77.6 Å². The Bertz CT molecular complexity index is 1160. The zero-order valence-electron chi connectivity index (χ0n) is 19.4. The van der Waals surface area contributed by atoms with E-state index < -0.39 is 5.97 Å². The average Bonchev–Trinajstić information content (AvgIpc) is 3.70. The SMILES string of the molecule is CN(c1ccc(OCC2CC2)cc1)c1ccc2c(c1)OCC[C@H]2CCc1cnccc1C(=O)O. The largest absolute Gasteiger partial charge is 0.493 e. The molecule has 1 aliphatic heterocycles. The minimum atomic E-state index is -0.903. The molecule has 3 aromatic rings. The first-order chi connectivity index (χ1) is 16.6. The molecule has 34 heavy (non-hydrogen) atoms. The Balaban J connectivity index is 1.27. The summed E-state index contributed by atoms with van der Waals surface area (Å²) < 4.78 is 11.9. The molecule has 0 saturated heterocycles. The number of nitrogens with zero attached hydrogens (tertiary/aromatic N) is 2. The summed E-state index contributed by atoms with van der Waals surface area (Å²) in [5.74, 6) is 1.99. The summed E-state index contributed by atoms with van der Waals surface area (Å²) in [6.07, 6.45) is 8.24. The molecule has 1 fully saturated rings. The maximum Gasteiger partial charge on any atom is 0.336 e. The molecule has 0 bridgehead atoms. The van der Waals surface area contributed by atoms with Crippen LogP contribution >= 0.6 is 0 Å². The van der Waals surface area contributed by atoms with Crippen LogP contribution in [-0.2, 0) is 6.42 Å². The van der Waals surface area contributed by atoms with Crippen LogP contribution in [-0.4, -0.2) is 36.3 Å². The van der Waals surface area contributed by atoms with E-state index in [1.165, 1.54) is 24.6 Å². The normalized spacial score (nSPS) is 16.9. The molecule has 2 aromatic carbocycles. The van der Waals surface area contributed by atoms with Gasteiger partial charge in [-0.25, -0.2) is 4.79 Å². The zero-order chi connectivity index (χ0) is 23.5. The number of anilines is 2. The van der Waals surface area contributed by atoms with Gasteiger partial charge in [0, 0.05) is 36.9 Å². The van der Waals surface area contributed by atoms with Gasteiger partial charge in [0.1, 0.15) is 11.5 Å². The van der Waals surface area contributed by atoms with Crippen molar-refractivity contribution in [2.24, 2.45) is 5.92 Å². The van der Waals surface area contributed by atoms with Crippen LogP contribution in [0.3, 0.4) is 0 Å². The maximum absolute atomic E-state index is 11.5. The lowest BCUT2D eigenvalue weighted by atomic mass is 9.87. The van der Waals surface area contributed by atoms with Crippen molar-refractivity contribution in [1.29, 1.82) is 0 Å². The quantitative estimate of drug-likeness (QED) is 0.435. The van der Waals surface area contributed by atoms with Crippen molar-refractivity contribution in [2.45, 2.75) is 38.0 Å². The van der Waals surface area contributed by atoms with Crippen LogP contribution in [0.1, 0.15) is 53.1 Å². The number of pyridine rings is 1. The number of carboxylic acids is 1. The van der Waals surface area contributed by atoms with E-state index in [0.717, 1.165) is 53.8 Å². The fraction of sp³-hybridized carbons (Fsp3) is 0.357. The van der Waals surface area contributed by atoms with Gasteiger partial charge >= 0.3 is 5.97 Å². The Kier molecular flexibility index (Phi) is 6.39. The number of aromatic carboxylic acids is 1. The first-order valence-corrected chi connectivity index (χ1v) is 12.0. The van der Waals surface area contributed by atoms with E-state index in [4.69, 9.17) is 9.47 Å². The second-order valence-corrected chi connectivity index (χ2v) is 9.24. The number of aryl methyl sites for hydroxylation is 1. The van der Waals surface area contributed by atoms with Crippen molar-refractivity contribution in [1.82, 2.24) is 4.98 Å². The molecule has 1 saturated carbocycles. The van der Waals surface area contributed by atoms with Crippen molar-refractivity contribution >= 4 is 17.3 Å². The van der Waals surface area contributed by atoms with Crippen molar-refractivity contribution in [3.63, 3.8) is 0 Å². The molecule has 0 radical (unpaired) electrons. The first-order valence-electron chi connectivity index (χ1n) is 12.0. The maximum atomic E-state index is 11.5. The monoisotopic (exact) mass is 458 g/mol. The smallest absolute Gasteiger partial charge is 0.336 e. The van der Waals surface area contributed by atoms with Gasteiger partial charge in [0.05, 0.1) is 18.8 Å². The lowest BCUT2D eigenvalue weighted by Gasteiger charge is -2.28. The summed E-state index contributed by atoms with van der Waals surface area (Å²) in [5.41, 5.74) is 4.45. The van der Waals surface area contributed by atoms with Gasteiger partial charge in [0.2, 0.25) is 0 Å². The topological polar surface area (TPSA) is 71.9 Å². The highest BCUT2D eigenvalue weighted by molar-refractivity contribution is 5.89. The standard InChI is InChI=1S/C28H30N2O4/c1-30(22-6-9-24(10-7-22)34-18-19-2-3-19)23-8-11-25-20(13-15-33-27(25)16-23)4-5-21-17-29-14-12-26(21)28(31)32/h6-12,14,16-17,19-20H,2-5,13,15,18H2,1H3,(H,31,32)/t20-/m1/s1. The molecule has 6 nitrogen and oxygen atoms in total. The summed E-state index contributed by atoms with van der Waals surface area (Å²) >= 11 is 0. The number of hydrogen-bond acceptors (Lipinski definition) is 5. The summed E-state index contributed by atoms with van der Waals surface area (Å²) in [7, 11) is 2.05. The lowest BCUT2D eigenvalue weighted by molar-refractivity contribution is 0.0695. The number of hydrogen-bond donors (Lipinski definition) is 1. The molecule has 2 heterocycles. The van der Waals surface area contributed by atoms with E-state index in [1.54, 1.807) is 12.3 Å². The molecule has 1 N–H and O–H groups in total. The molecule has 0 amide bonds. The predicted octanol–water partition coefficient (Wildman–Crippen LogP) is 5.84. The molecule has 2 aliphatic rings. The van der Waals surface area contributed by atoms with Gasteiger partial charge in [-0.05, 0) is 91.5 Å². The number of aromatic nitrogens is 1. The number of ether oxygens (including phenoxy) is 2. The number of fused-ring (bicyclic) bond motifs is 1. The Labute approximate surface area is 200 Å². The Morgan fingerprint density at radius 3 is 2.68 bits per heavy atom. The van der Waals surface area contributed by atoms with Crippen LogP contribution in [0.2, 0.25) is 0 Å². The van der Waals surface area contributed by atoms with Gasteiger partial charge in [-0.15, -0.1) is 0 Å². The third-order valence-corrected chi connectivity index (χ3v) is 6.85. The van der Waals surface area contributed by atoms with Crippen LogP contribution in [0.4, 0.5) is 11.4 Å². The van der Waals surface area contributed by atoms with Crippen molar-refractivity contribution < 1.29 is 19.4 Å². The number of carboxylic acid groups (broad SMARTS) is 1. The summed E-state index contributed by atoms with van der Waals surface area (Å²) in [6.45, 7) is 1.48. The number of rotatable bonds is 9. The van der Waals surface area contributed by atoms with Crippen LogP contribution in [0.5, 0.6) is 11.5 Å². The average molecular weight is 459 g/mol. The van der Waals surface area contributed by atoms with E-state index in [-0.39, 0.29) is 0 Å². The van der Waals surface area contributed by atoms with Gasteiger partial charge in [0.25, 0.3) is 0 Å². The highest BCUT2D eigenvalue weighted by Crippen LogP contribution is 2.40. The van der Waals surface area contributed by atoms with E-state index in [2.05, 4.69) is 47.3 Å². The molecular weight excluding hydrogens is 428 g/mol. The van der Waals surface area contributed by atoms with Crippen molar-refractivity contribution in [2.75, 3.05) is 25.2 Å². The number of carbonyl (C=O) groups is 1. The van der Waals surface area contributed by atoms with Gasteiger partial charge < -0.3 is 19.5 Å². The second kappa shape index (κ2) is 9.75. The molecule has 1 aliphatic carbocycles. The van der Waals surface area contributed by atoms with Crippen LogP contribution in [0.15, 0.2) is 60.9 Å². The molecule has 6 heteroatoms. The second-order valence-electron chi connectivity index (χ2n) is 9.24.